The van der Waals surface area contributed by atoms with Crippen LogP contribution in [0.15, 0.2) is 41.4 Å². The summed E-state index contributed by atoms with van der Waals surface area (Å²) >= 11 is 0. The number of benzene rings is 1. The van der Waals surface area contributed by atoms with Crippen LogP contribution in [-0.2, 0) is 23.2 Å². The Hall–Kier alpha value is -2.16. The lowest BCUT2D eigenvalue weighted by Crippen LogP contribution is -2.36. The zero-order valence-corrected chi connectivity index (χ0v) is 17.0. The van der Waals surface area contributed by atoms with Gasteiger partial charge in [0.05, 0.1) is 6.20 Å². The van der Waals surface area contributed by atoms with E-state index in [1.165, 1.54) is 18.4 Å². The van der Waals surface area contributed by atoms with Crippen molar-refractivity contribution >= 4 is 21.1 Å². The van der Waals surface area contributed by atoms with Crippen molar-refractivity contribution in [3.8, 4) is 11.1 Å². The summed E-state index contributed by atoms with van der Waals surface area (Å²) in [6.45, 7) is 5.61. The lowest BCUT2D eigenvalue weighted by molar-refractivity contribution is 0.420. The van der Waals surface area contributed by atoms with Crippen LogP contribution in [0.2, 0.25) is 0 Å². The SMILES string of the molecule is CC(C)Cn1cc(CCNS(=O)(=O)N(C)C)c2ccc(-c3cnoc3)cc21. The van der Waals surface area contributed by atoms with Crippen LogP contribution in [0.4, 0.5) is 0 Å². The summed E-state index contributed by atoms with van der Waals surface area (Å²) in [7, 11) is -0.377. The van der Waals surface area contributed by atoms with Gasteiger partial charge in [-0.3, -0.25) is 0 Å². The average Bonchev–Trinajstić information content (AvgIpc) is 3.23. The van der Waals surface area contributed by atoms with Gasteiger partial charge in [-0.2, -0.15) is 12.7 Å². The highest BCUT2D eigenvalue weighted by atomic mass is 32.2. The average molecular weight is 391 g/mol. The van der Waals surface area contributed by atoms with E-state index < -0.39 is 10.2 Å². The summed E-state index contributed by atoms with van der Waals surface area (Å²) in [5.74, 6) is 0.500. The van der Waals surface area contributed by atoms with Crippen LogP contribution < -0.4 is 4.72 Å². The fourth-order valence-electron chi connectivity index (χ4n) is 3.08. The zero-order chi connectivity index (χ0) is 19.6. The first-order valence-corrected chi connectivity index (χ1v) is 10.4. The number of rotatable bonds is 8. The van der Waals surface area contributed by atoms with E-state index in [1.807, 2.05) is 6.07 Å². The quantitative estimate of drug-likeness (QED) is 0.641. The Morgan fingerprint density at radius 1 is 1.26 bits per heavy atom. The van der Waals surface area contributed by atoms with Crippen LogP contribution in [-0.4, -0.2) is 43.1 Å². The van der Waals surface area contributed by atoms with Gasteiger partial charge < -0.3 is 9.09 Å². The molecule has 0 aliphatic rings. The smallest absolute Gasteiger partial charge is 0.278 e. The van der Waals surface area contributed by atoms with Gasteiger partial charge in [-0.15, -0.1) is 0 Å². The normalized spacial score (nSPS) is 12.5. The van der Waals surface area contributed by atoms with Gasteiger partial charge in [0.25, 0.3) is 10.2 Å². The van der Waals surface area contributed by atoms with Crippen LogP contribution >= 0.6 is 0 Å². The fraction of sp³-hybridized carbons (Fsp3) is 0.421. The molecule has 0 fully saturated rings. The highest BCUT2D eigenvalue weighted by Gasteiger charge is 2.15. The molecule has 27 heavy (non-hydrogen) atoms. The van der Waals surface area contributed by atoms with E-state index in [0.717, 1.165) is 34.1 Å². The Bertz CT molecular complexity index is 1010. The van der Waals surface area contributed by atoms with Crippen LogP contribution in [0.1, 0.15) is 19.4 Å². The maximum absolute atomic E-state index is 11.9. The summed E-state index contributed by atoms with van der Waals surface area (Å²) < 4.78 is 34.8. The van der Waals surface area contributed by atoms with Crippen LogP contribution in [0.25, 0.3) is 22.0 Å². The van der Waals surface area contributed by atoms with Crippen molar-refractivity contribution in [1.82, 2.24) is 18.8 Å². The van der Waals surface area contributed by atoms with Gasteiger partial charge in [-0.1, -0.05) is 31.1 Å². The molecule has 0 amide bonds. The summed E-state index contributed by atoms with van der Waals surface area (Å²) in [5.41, 5.74) is 4.25. The summed E-state index contributed by atoms with van der Waals surface area (Å²) in [6.07, 6.45) is 6.09. The summed E-state index contributed by atoms with van der Waals surface area (Å²) in [4.78, 5) is 0. The molecule has 3 rings (SSSR count). The molecule has 0 aliphatic heterocycles. The first-order valence-electron chi connectivity index (χ1n) is 8.96. The number of hydrogen-bond acceptors (Lipinski definition) is 4. The predicted molar refractivity (Wildman–Crippen MR) is 107 cm³/mol. The molecule has 1 N–H and O–H groups in total. The largest absolute Gasteiger partial charge is 0.364 e. The summed E-state index contributed by atoms with van der Waals surface area (Å²) in [5, 5.41) is 4.92. The maximum atomic E-state index is 11.9. The maximum Gasteiger partial charge on any atom is 0.278 e. The predicted octanol–water partition coefficient (Wildman–Crippen LogP) is 2.89. The Balaban J connectivity index is 1.91. The van der Waals surface area contributed by atoms with Gasteiger partial charge in [0.1, 0.15) is 6.26 Å². The first kappa shape index (κ1) is 19.6. The van der Waals surface area contributed by atoms with Gasteiger partial charge in [-0.05, 0) is 29.5 Å². The van der Waals surface area contributed by atoms with E-state index in [1.54, 1.807) is 12.5 Å². The lowest BCUT2D eigenvalue weighted by atomic mass is 10.1. The zero-order valence-electron chi connectivity index (χ0n) is 16.1. The second kappa shape index (κ2) is 7.84. The molecular weight excluding hydrogens is 364 g/mol. The molecule has 1 aromatic carbocycles. The van der Waals surface area contributed by atoms with Crippen molar-refractivity contribution in [3.63, 3.8) is 0 Å². The van der Waals surface area contributed by atoms with Crippen molar-refractivity contribution in [2.24, 2.45) is 5.92 Å². The number of aromatic nitrogens is 2. The monoisotopic (exact) mass is 390 g/mol. The van der Waals surface area contributed by atoms with E-state index in [-0.39, 0.29) is 0 Å². The first-order chi connectivity index (χ1) is 12.8. The molecule has 0 unspecified atom stereocenters. The van der Waals surface area contributed by atoms with E-state index in [2.05, 4.69) is 46.6 Å². The molecule has 0 bridgehead atoms. The molecule has 2 aromatic heterocycles. The van der Waals surface area contributed by atoms with E-state index >= 15 is 0 Å². The van der Waals surface area contributed by atoms with Crippen molar-refractivity contribution in [3.05, 3.63) is 42.4 Å². The fourth-order valence-corrected chi connectivity index (χ4v) is 3.70. The molecule has 0 saturated heterocycles. The van der Waals surface area contributed by atoms with E-state index in [4.69, 9.17) is 4.52 Å². The minimum Gasteiger partial charge on any atom is -0.364 e. The van der Waals surface area contributed by atoms with Gasteiger partial charge in [0, 0.05) is 49.8 Å². The second-order valence-corrected chi connectivity index (χ2v) is 9.25. The summed E-state index contributed by atoms with van der Waals surface area (Å²) in [6, 6.07) is 6.27. The van der Waals surface area contributed by atoms with Crippen molar-refractivity contribution in [2.75, 3.05) is 20.6 Å². The Labute approximate surface area is 160 Å². The molecule has 8 heteroatoms. The van der Waals surface area contributed by atoms with Crippen molar-refractivity contribution in [1.29, 1.82) is 0 Å². The van der Waals surface area contributed by atoms with Crippen molar-refractivity contribution < 1.29 is 12.9 Å². The number of nitrogens with zero attached hydrogens (tertiary/aromatic N) is 3. The van der Waals surface area contributed by atoms with Crippen LogP contribution in [0.5, 0.6) is 0 Å². The third-order valence-corrected chi connectivity index (χ3v) is 5.98. The third kappa shape index (κ3) is 4.40. The molecule has 2 heterocycles. The second-order valence-electron chi connectivity index (χ2n) is 7.28. The molecule has 0 atom stereocenters. The van der Waals surface area contributed by atoms with Gasteiger partial charge in [0.15, 0.2) is 0 Å². The lowest BCUT2D eigenvalue weighted by Gasteiger charge is -2.11. The Morgan fingerprint density at radius 2 is 2.04 bits per heavy atom. The molecule has 3 aromatic rings. The van der Waals surface area contributed by atoms with Gasteiger partial charge >= 0.3 is 0 Å². The van der Waals surface area contributed by atoms with E-state index in [0.29, 0.717) is 18.9 Å². The topological polar surface area (TPSA) is 80.4 Å². The van der Waals surface area contributed by atoms with Crippen molar-refractivity contribution in [2.45, 2.75) is 26.8 Å². The highest BCUT2D eigenvalue weighted by molar-refractivity contribution is 7.87. The van der Waals surface area contributed by atoms with Crippen LogP contribution in [0, 0.1) is 5.92 Å². The van der Waals surface area contributed by atoms with Gasteiger partial charge in [-0.25, -0.2) is 4.72 Å². The third-order valence-electron chi connectivity index (χ3n) is 4.45. The molecule has 0 saturated carbocycles. The molecule has 0 spiro atoms. The Kier molecular flexibility index (Phi) is 5.69. The van der Waals surface area contributed by atoms with E-state index in [9.17, 15) is 8.42 Å². The highest BCUT2D eigenvalue weighted by Crippen LogP contribution is 2.28. The number of hydrogen-bond donors (Lipinski definition) is 1. The molecular formula is C19H26N4O3S. The molecule has 0 aliphatic carbocycles. The van der Waals surface area contributed by atoms with Crippen LogP contribution in [0.3, 0.4) is 0 Å². The molecule has 146 valence electrons. The molecule has 0 radical (unpaired) electrons. The minimum atomic E-state index is -3.41. The van der Waals surface area contributed by atoms with Gasteiger partial charge in [0.2, 0.25) is 0 Å². The molecule has 7 nitrogen and oxygen atoms in total. The number of fused-ring (bicyclic) bond motifs is 1. The Morgan fingerprint density at radius 3 is 2.67 bits per heavy atom. The minimum absolute atomic E-state index is 0.356. The standard InChI is InChI=1S/C19H26N4O3S/c1-14(2)11-23-12-16(7-8-21-27(24,25)22(3)4)18-6-5-15(9-19(18)23)17-10-20-26-13-17/h5-6,9-10,12-14,21H,7-8,11H2,1-4H3. The number of nitrogens with one attached hydrogen (secondary N) is 1.